The number of carbonyl (C=O) groups excluding carboxylic acids is 3. The average molecular weight is 502 g/mol. The van der Waals surface area contributed by atoms with Gasteiger partial charge in [-0.05, 0) is 55.4 Å². The first kappa shape index (κ1) is 31.8. The topological polar surface area (TPSA) is 175 Å². The Balaban J connectivity index is 0.000000707. The van der Waals surface area contributed by atoms with Crippen molar-refractivity contribution in [3.05, 3.63) is 11.6 Å². The molecule has 0 aromatic carbocycles. The Morgan fingerprint density at radius 2 is 1.73 bits per heavy atom. The number of carbonyl (C=O) groups is 3. The normalized spacial score (nSPS) is 39.4. The minimum atomic E-state index is -5.14. The summed E-state index contributed by atoms with van der Waals surface area (Å²) in [5.74, 6) is -0.172. The van der Waals surface area contributed by atoms with Crippen LogP contribution in [0.1, 0.15) is 58.8 Å². The fourth-order valence-corrected chi connectivity index (χ4v) is 6.98. The SMILES string of the molecule is C[C@]12CCC(=O)C=C1CC[C@@H]1[C@@H]2C(=O)C[C@@]2(C)[C@H]1CC[C@]2(O)C(=O)CO.O=P([O-])([O-])O.[Na+].[Na+]. The van der Waals surface area contributed by atoms with Gasteiger partial charge in [-0.25, -0.2) is 0 Å². The molecule has 0 heterocycles. The summed E-state index contributed by atoms with van der Waals surface area (Å²) in [6, 6.07) is 0. The summed E-state index contributed by atoms with van der Waals surface area (Å²) >= 11 is 0. The number of ketones is 3. The summed E-state index contributed by atoms with van der Waals surface area (Å²) in [6.45, 7) is 3.31. The van der Waals surface area contributed by atoms with Crippen LogP contribution in [-0.2, 0) is 18.9 Å². The number of hydrogen-bond donors (Lipinski definition) is 3. The third-order valence-corrected chi connectivity index (χ3v) is 8.41. The summed E-state index contributed by atoms with van der Waals surface area (Å²) in [5.41, 5.74) is -1.55. The Morgan fingerprint density at radius 3 is 2.27 bits per heavy atom. The van der Waals surface area contributed by atoms with Crippen molar-refractivity contribution in [3.63, 3.8) is 0 Å². The molecule has 4 aliphatic rings. The van der Waals surface area contributed by atoms with E-state index in [1.54, 1.807) is 6.08 Å². The number of Topliss-reactive ketones (excluding diaryl/α,β-unsaturated/α-hetero) is 2. The van der Waals surface area contributed by atoms with Gasteiger partial charge in [-0.1, -0.05) is 19.4 Å². The third-order valence-electron chi connectivity index (χ3n) is 8.41. The molecule has 0 saturated heterocycles. The second-order valence-electron chi connectivity index (χ2n) is 9.85. The molecule has 4 aliphatic carbocycles. The second kappa shape index (κ2) is 11.0. The predicted molar refractivity (Wildman–Crippen MR) is 104 cm³/mol. The molecular weight excluding hydrogens is 473 g/mol. The smallest absolute Gasteiger partial charge is 0.790 e. The van der Waals surface area contributed by atoms with Crippen LogP contribution in [0.5, 0.6) is 0 Å². The van der Waals surface area contributed by atoms with Crippen molar-refractivity contribution >= 4 is 25.2 Å². The van der Waals surface area contributed by atoms with Gasteiger partial charge in [-0.3, -0.25) is 14.4 Å². The Bertz CT molecular complexity index is 879. The van der Waals surface area contributed by atoms with E-state index < -0.39 is 31.2 Å². The second-order valence-corrected chi connectivity index (χ2v) is 10.8. The number of allylic oxidation sites excluding steroid dienone is 1. The molecular formula is C21H29Na2O9P. The van der Waals surface area contributed by atoms with Gasteiger partial charge >= 0.3 is 59.1 Å². The molecule has 0 bridgehead atoms. The van der Waals surface area contributed by atoms with Crippen molar-refractivity contribution in [1.29, 1.82) is 0 Å². The Hall–Kier alpha value is 0.780. The van der Waals surface area contributed by atoms with Gasteiger partial charge in [-0.15, -0.1) is 0 Å². The fourth-order valence-electron chi connectivity index (χ4n) is 6.98. The van der Waals surface area contributed by atoms with Gasteiger partial charge in [0.25, 0.3) is 0 Å². The monoisotopic (exact) mass is 502 g/mol. The minimum absolute atomic E-state index is 0. The quantitative estimate of drug-likeness (QED) is 0.245. The molecule has 0 aromatic rings. The van der Waals surface area contributed by atoms with E-state index in [-0.39, 0.29) is 100 Å². The summed E-state index contributed by atoms with van der Waals surface area (Å²) in [5, 5.41) is 20.5. The molecule has 3 fully saturated rings. The first-order chi connectivity index (χ1) is 14.2. The summed E-state index contributed by atoms with van der Waals surface area (Å²) in [6.07, 6.45) is 5.83. The summed E-state index contributed by atoms with van der Waals surface area (Å²) < 4.78 is 8.66. The average Bonchev–Trinajstić information content (AvgIpc) is 2.91. The van der Waals surface area contributed by atoms with E-state index in [2.05, 4.69) is 6.92 Å². The van der Waals surface area contributed by atoms with Crippen LogP contribution in [0.15, 0.2) is 11.6 Å². The molecule has 0 spiro atoms. The molecule has 12 heteroatoms. The van der Waals surface area contributed by atoms with E-state index in [1.165, 1.54) is 0 Å². The Kier molecular flexibility index (Phi) is 10.6. The van der Waals surface area contributed by atoms with E-state index in [0.29, 0.717) is 25.7 Å². The number of phosphoric acid groups is 1. The first-order valence-corrected chi connectivity index (χ1v) is 12.0. The van der Waals surface area contributed by atoms with Crippen molar-refractivity contribution in [2.75, 3.05) is 6.61 Å². The molecule has 174 valence electrons. The standard InChI is InChI=1S/C21H28O5.2Na.H3O4P/c1-19-7-5-13(23)9-12(19)3-4-14-15-6-8-21(26,17(25)11-22)20(15,2)10-16(24)18(14)19;;;1-5(2,3)4/h9,14-15,18,22,26H,3-8,10-11H2,1-2H3;;;(H3,1,2,3,4)/q;2*+1;/p-2/t14-,15-,18+,19-,20-,21-;;;/m0.../s1. The maximum Gasteiger partial charge on any atom is 1.00 e. The van der Waals surface area contributed by atoms with Crippen molar-refractivity contribution in [1.82, 2.24) is 0 Å². The molecule has 0 aromatic heterocycles. The van der Waals surface area contributed by atoms with Gasteiger partial charge in [0.05, 0.1) is 7.82 Å². The van der Waals surface area contributed by atoms with E-state index >= 15 is 0 Å². The van der Waals surface area contributed by atoms with Crippen molar-refractivity contribution in [2.45, 2.75) is 64.4 Å². The van der Waals surface area contributed by atoms with Crippen LogP contribution in [0.25, 0.3) is 0 Å². The zero-order valence-electron chi connectivity index (χ0n) is 19.7. The van der Waals surface area contributed by atoms with Crippen LogP contribution in [0, 0.1) is 28.6 Å². The van der Waals surface area contributed by atoms with Gasteiger partial charge in [0.2, 0.25) is 0 Å². The van der Waals surface area contributed by atoms with Crippen molar-refractivity contribution in [3.8, 4) is 0 Å². The predicted octanol–water partition coefficient (Wildman–Crippen LogP) is -6.19. The van der Waals surface area contributed by atoms with Crippen LogP contribution in [-0.4, -0.2) is 44.7 Å². The molecule has 0 unspecified atom stereocenters. The minimum Gasteiger partial charge on any atom is -0.790 e. The Morgan fingerprint density at radius 1 is 1.15 bits per heavy atom. The van der Waals surface area contributed by atoms with Crippen LogP contribution in [0.2, 0.25) is 0 Å². The van der Waals surface area contributed by atoms with E-state index in [0.717, 1.165) is 18.4 Å². The third kappa shape index (κ3) is 5.71. The van der Waals surface area contributed by atoms with Gasteiger partial charge in [0.15, 0.2) is 11.6 Å². The number of rotatable bonds is 2. The zero-order valence-corrected chi connectivity index (χ0v) is 24.6. The van der Waals surface area contributed by atoms with E-state index in [4.69, 9.17) is 19.2 Å². The molecule has 9 nitrogen and oxygen atoms in total. The van der Waals surface area contributed by atoms with Crippen LogP contribution >= 0.6 is 7.82 Å². The van der Waals surface area contributed by atoms with Gasteiger partial charge in [0, 0.05) is 24.2 Å². The number of aliphatic hydroxyl groups is 2. The Labute approximate surface area is 237 Å². The molecule has 6 atom stereocenters. The van der Waals surface area contributed by atoms with Gasteiger partial charge in [0.1, 0.15) is 18.0 Å². The number of hydrogen-bond acceptors (Lipinski definition) is 8. The van der Waals surface area contributed by atoms with Gasteiger partial charge in [-0.2, -0.15) is 0 Å². The molecule has 0 aliphatic heterocycles. The largest absolute Gasteiger partial charge is 1.00 e. The molecule has 0 radical (unpaired) electrons. The molecule has 33 heavy (non-hydrogen) atoms. The molecule has 3 N–H and O–H groups in total. The maximum absolute atomic E-state index is 13.3. The van der Waals surface area contributed by atoms with Crippen molar-refractivity contribution < 1.29 is 103 Å². The number of fused-ring (bicyclic) bond motifs is 5. The summed E-state index contributed by atoms with van der Waals surface area (Å²) in [4.78, 5) is 61.8. The molecule has 0 amide bonds. The molecule has 3 saturated carbocycles. The maximum atomic E-state index is 13.3. The molecule has 4 rings (SSSR count). The first-order valence-electron chi connectivity index (χ1n) is 10.6. The zero-order chi connectivity index (χ0) is 23.4. The van der Waals surface area contributed by atoms with E-state index in [9.17, 15) is 24.6 Å². The van der Waals surface area contributed by atoms with Gasteiger partial charge < -0.3 is 29.5 Å². The van der Waals surface area contributed by atoms with Crippen molar-refractivity contribution in [2.24, 2.45) is 28.6 Å². The number of aliphatic hydroxyl groups excluding tert-OH is 1. The van der Waals surface area contributed by atoms with Crippen LogP contribution < -0.4 is 68.9 Å². The van der Waals surface area contributed by atoms with Crippen LogP contribution in [0.3, 0.4) is 0 Å². The van der Waals surface area contributed by atoms with E-state index in [1.807, 2.05) is 6.92 Å². The van der Waals surface area contributed by atoms with Crippen LogP contribution in [0.4, 0.5) is 0 Å². The fraction of sp³-hybridized carbons (Fsp3) is 0.762. The summed E-state index contributed by atoms with van der Waals surface area (Å²) in [7, 11) is -5.14.